The van der Waals surface area contributed by atoms with E-state index in [1.54, 1.807) is 0 Å². The van der Waals surface area contributed by atoms with Crippen molar-refractivity contribution in [1.29, 1.82) is 0 Å². The third-order valence-corrected chi connectivity index (χ3v) is 0.488. The zero-order valence-electron chi connectivity index (χ0n) is 2.76. The predicted molar refractivity (Wildman–Crippen MR) is 18.9 cm³/mol. The standard InChI is InChI=1S/C2H2FO2S/c1-2-6(3,4)5/h1-2H. The SMILES string of the molecule is [CH]=CS(=O)(=O)F. The van der Waals surface area contributed by atoms with Gasteiger partial charge in [0.25, 0.3) is 0 Å². The zero-order chi connectivity index (χ0) is 5.21. The minimum atomic E-state index is -4.51. The maximum absolute atomic E-state index is 10.9. The monoisotopic (exact) mass is 109 g/mol. The molecule has 0 saturated heterocycles. The molecule has 0 aliphatic heterocycles. The molecule has 0 rings (SSSR count). The van der Waals surface area contributed by atoms with Gasteiger partial charge in [-0.25, -0.2) is 0 Å². The van der Waals surface area contributed by atoms with Crippen molar-refractivity contribution in [3.63, 3.8) is 0 Å². The molecule has 35 valence electrons. The van der Waals surface area contributed by atoms with Crippen LogP contribution >= 0.6 is 0 Å². The van der Waals surface area contributed by atoms with Crippen LogP contribution in [0.4, 0.5) is 3.89 Å². The third-order valence-electron chi connectivity index (χ3n) is 0.163. The van der Waals surface area contributed by atoms with Crippen molar-refractivity contribution in [1.82, 2.24) is 0 Å². The fourth-order valence-corrected chi connectivity index (χ4v) is 0. The molecule has 0 aromatic carbocycles. The largest absolute Gasteiger partial charge is 0.325 e. The second-order valence-corrected chi connectivity index (χ2v) is 1.83. The molecule has 0 aromatic rings. The molecule has 0 saturated carbocycles. The first-order valence-corrected chi connectivity index (χ1v) is 2.50. The van der Waals surface area contributed by atoms with Crippen LogP contribution in [0.2, 0.25) is 0 Å². The van der Waals surface area contributed by atoms with E-state index >= 15 is 0 Å². The molecule has 0 aliphatic rings. The quantitative estimate of drug-likeness (QED) is 0.452. The van der Waals surface area contributed by atoms with E-state index in [2.05, 4.69) is 6.58 Å². The minimum Gasteiger partial charge on any atom is -0.190 e. The number of hydrogen-bond donors (Lipinski definition) is 0. The highest BCUT2D eigenvalue weighted by molar-refractivity contribution is 7.89. The normalized spacial score (nSPS) is 10.8. The van der Waals surface area contributed by atoms with Gasteiger partial charge in [-0.05, 0) is 6.58 Å². The molecule has 0 N–H and O–H groups in total. The lowest BCUT2D eigenvalue weighted by atomic mass is 11.3. The fourth-order valence-electron chi connectivity index (χ4n) is 0. The smallest absolute Gasteiger partial charge is 0.190 e. The fraction of sp³-hybridized carbons (Fsp3) is 0. The van der Waals surface area contributed by atoms with Crippen molar-refractivity contribution in [2.45, 2.75) is 0 Å². The van der Waals surface area contributed by atoms with E-state index in [0.29, 0.717) is 0 Å². The summed E-state index contributed by atoms with van der Waals surface area (Å²) in [5.41, 5.74) is 0. The lowest BCUT2D eigenvalue weighted by Crippen LogP contribution is -1.76. The summed E-state index contributed by atoms with van der Waals surface area (Å²) in [6, 6.07) is 0. The molecule has 0 fully saturated rings. The van der Waals surface area contributed by atoms with Crippen LogP contribution in [0, 0.1) is 6.58 Å². The van der Waals surface area contributed by atoms with Crippen LogP contribution in [-0.2, 0) is 10.2 Å². The molecule has 0 heterocycles. The summed E-state index contributed by atoms with van der Waals surface area (Å²) in [6.45, 7) is 4.22. The summed E-state index contributed by atoms with van der Waals surface area (Å²) in [5, 5.41) is -0.00694. The van der Waals surface area contributed by atoms with E-state index in [1.807, 2.05) is 0 Å². The van der Waals surface area contributed by atoms with Crippen molar-refractivity contribution in [2.75, 3.05) is 0 Å². The van der Waals surface area contributed by atoms with E-state index in [1.165, 1.54) is 0 Å². The highest BCUT2D eigenvalue weighted by atomic mass is 32.3. The summed E-state index contributed by atoms with van der Waals surface area (Å²) < 4.78 is 29.2. The number of rotatable bonds is 1. The van der Waals surface area contributed by atoms with E-state index in [4.69, 9.17) is 8.42 Å². The molecule has 0 aliphatic carbocycles. The van der Waals surface area contributed by atoms with Gasteiger partial charge in [0.05, 0.1) is 5.41 Å². The maximum Gasteiger partial charge on any atom is 0.325 e. The van der Waals surface area contributed by atoms with Gasteiger partial charge in [0.2, 0.25) is 0 Å². The summed E-state index contributed by atoms with van der Waals surface area (Å²) in [7, 11) is -4.51. The molecule has 2 nitrogen and oxygen atoms in total. The van der Waals surface area contributed by atoms with Crippen molar-refractivity contribution < 1.29 is 12.3 Å². The molecule has 0 bridgehead atoms. The Balaban J connectivity index is 4.25. The molecule has 0 atom stereocenters. The van der Waals surface area contributed by atoms with Crippen molar-refractivity contribution >= 4 is 10.2 Å². The third kappa shape index (κ3) is 3.62. The number of halogens is 1. The lowest BCUT2D eigenvalue weighted by molar-refractivity contribution is 0.563. The average molecular weight is 109 g/mol. The van der Waals surface area contributed by atoms with Crippen molar-refractivity contribution in [3.8, 4) is 0 Å². The van der Waals surface area contributed by atoms with E-state index in [-0.39, 0.29) is 5.41 Å². The second kappa shape index (κ2) is 1.38. The summed E-state index contributed by atoms with van der Waals surface area (Å²) in [5.74, 6) is 0. The van der Waals surface area contributed by atoms with Gasteiger partial charge in [-0.2, -0.15) is 8.42 Å². The molecule has 4 heteroatoms. The highest BCUT2D eigenvalue weighted by Crippen LogP contribution is 1.86. The van der Waals surface area contributed by atoms with Crippen LogP contribution in [0.15, 0.2) is 5.41 Å². The topological polar surface area (TPSA) is 34.1 Å². The molecule has 1 radical (unpaired) electrons. The Kier molecular flexibility index (Phi) is 1.29. The van der Waals surface area contributed by atoms with Gasteiger partial charge in [0.1, 0.15) is 0 Å². The predicted octanol–water partition coefficient (Wildman–Crippen LogP) is 0.232. The summed E-state index contributed by atoms with van der Waals surface area (Å²) >= 11 is 0. The van der Waals surface area contributed by atoms with Gasteiger partial charge in [-0.15, -0.1) is 3.89 Å². The molecule has 0 amide bonds. The van der Waals surface area contributed by atoms with Crippen LogP contribution in [0.5, 0.6) is 0 Å². The summed E-state index contributed by atoms with van der Waals surface area (Å²) in [4.78, 5) is 0. The molecular weight excluding hydrogens is 107 g/mol. The second-order valence-electron chi connectivity index (χ2n) is 0.612. The molecule has 0 unspecified atom stereocenters. The van der Waals surface area contributed by atoms with E-state index in [9.17, 15) is 3.89 Å². The number of hydrogen-bond acceptors (Lipinski definition) is 2. The minimum absolute atomic E-state index is 0.00694. The van der Waals surface area contributed by atoms with Gasteiger partial charge in [-0.3, -0.25) is 0 Å². The van der Waals surface area contributed by atoms with Gasteiger partial charge >= 0.3 is 10.2 Å². The lowest BCUT2D eigenvalue weighted by Gasteiger charge is -1.68. The van der Waals surface area contributed by atoms with Gasteiger partial charge in [-0.1, -0.05) is 0 Å². The van der Waals surface area contributed by atoms with Gasteiger partial charge < -0.3 is 0 Å². The Hall–Kier alpha value is -0.380. The first-order chi connectivity index (χ1) is 2.56. The molecule has 6 heavy (non-hydrogen) atoms. The Labute approximate surface area is 35.5 Å². The van der Waals surface area contributed by atoms with Crippen LogP contribution in [0.1, 0.15) is 0 Å². The molecule has 0 aromatic heterocycles. The Morgan fingerprint density at radius 1 is 1.67 bits per heavy atom. The summed E-state index contributed by atoms with van der Waals surface area (Å²) in [6.07, 6.45) is 0. The van der Waals surface area contributed by atoms with Crippen LogP contribution in [0.3, 0.4) is 0 Å². The maximum atomic E-state index is 10.9. The van der Waals surface area contributed by atoms with Gasteiger partial charge in [0.15, 0.2) is 0 Å². The first kappa shape index (κ1) is 5.62. The molecular formula is C2H2FO2S. The van der Waals surface area contributed by atoms with Crippen LogP contribution < -0.4 is 0 Å². The highest BCUT2D eigenvalue weighted by Gasteiger charge is 1.92. The Bertz CT molecular complexity index is 122. The molecule has 0 spiro atoms. The Morgan fingerprint density at radius 2 is 1.83 bits per heavy atom. The first-order valence-electron chi connectivity index (χ1n) is 1.06. The van der Waals surface area contributed by atoms with E-state index in [0.717, 1.165) is 0 Å². The Morgan fingerprint density at radius 3 is 1.83 bits per heavy atom. The van der Waals surface area contributed by atoms with Crippen molar-refractivity contribution in [3.05, 3.63) is 12.0 Å². The van der Waals surface area contributed by atoms with Crippen LogP contribution in [0.25, 0.3) is 0 Å². The van der Waals surface area contributed by atoms with Crippen molar-refractivity contribution in [2.24, 2.45) is 0 Å². The zero-order valence-corrected chi connectivity index (χ0v) is 3.57. The van der Waals surface area contributed by atoms with Crippen LogP contribution in [-0.4, -0.2) is 8.42 Å². The van der Waals surface area contributed by atoms with Gasteiger partial charge in [0, 0.05) is 0 Å². The average Bonchev–Trinajstić information content (AvgIpc) is 1.35. The van der Waals surface area contributed by atoms with E-state index < -0.39 is 10.2 Å².